The van der Waals surface area contributed by atoms with Crippen LogP contribution in [0.1, 0.15) is 20.7 Å². The number of hydrogen-bond acceptors (Lipinski definition) is 3. The number of nitrogens with zero attached hydrogens (tertiary/aromatic N) is 3. The van der Waals surface area contributed by atoms with E-state index in [0.29, 0.717) is 16.8 Å². The molecule has 6 heteroatoms. The molecule has 8 rings (SSSR count). The van der Waals surface area contributed by atoms with Crippen LogP contribution in [0, 0.1) is 0 Å². The van der Waals surface area contributed by atoms with E-state index in [4.69, 9.17) is 0 Å². The van der Waals surface area contributed by atoms with Crippen LogP contribution in [-0.4, -0.2) is 44.1 Å². The van der Waals surface area contributed by atoms with E-state index in [-0.39, 0.29) is 25.0 Å². The molecule has 2 aromatic heterocycles. The Morgan fingerprint density at radius 3 is 1.88 bits per heavy atom. The fourth-order valence-electron chi connectivity index (χ4n) is 6.35. The number of aliphatic hydroxyl groups is 1. The summed E-state index contributed by atoms with van der Waals surface area (Å²) in [6, 6.07) is 36.8. The minimum Gasteiger partial charge on any atom is -0.395 e. The van der Waals surface area contributed by atoms with Gasteiger partial charge in [0, 0.05) is 27.2 Å². The number of aliphatic hydroxyl groups excluding tert-OH is 1. The van der Waals surface area contributed by atoms with Crippen LogP contribution in [0.4, 0.5) is 0 Å². The number of carbonyl (C=O) groups excluding carboxylic acids is 2. The van der Waals surface area contributed by atoms with Crippen molar-refractivity contribution in [1.29, 1.82) is 0 Å². The Morgan fingerprint density at radius 1 is 0.550 bits per heavy atom. The summed E-state index contributed by atoms with van der Waals surface area (Å²) in [5.74, 6) is -0.752. The second-order valence-electron chi connectivity index (χ2n) is 10.1. The highest BCUT2D eigenvalue weighted by atomic mass is 16.3. The van der Waals surface area contributed by atoms with Crippen LogP contribution in [0.3, 0.4) is 0 Å². The molecule has 1 N–H and O–H groups in total. The maximum absolute atomic E-state index is 13.5. The van der Waals surface area contributed by atoms with Gasteiger partial charge in [-0.3, -0.25) is 14.5 Å². The predicted octanol–water partition coefficient (Wildman–Crippen LogP) is 6.47. The zero-order chi connectivity index (χ0) is 27.0. The van der Waals surface area contributed by atoms with Gasteiger partial charge in [0.2, 0.25) is 0 Å². The molecule has 7 aromatic rings. The third-order valence-corrected chi connectivity index (χ3v) is 8.02. The average molecular weight is 522 g/mol. The second-order valence-corrected chi connectivity index (χ2v) is 10.1. The zero-order valence-electron chi connectivity index (χ0n) is 21.4. The Bertz CT molecular complexity index is 2170. The molecular formula is C34H23N3O3. The first-order valence-electron chi connectivity index (χ1n) is 13.3. The maximum atomic E-state index is 13.5. The molecule has 1 aliphatic rings. The molecule has 0 spiro atoms. The third-order valence-electron chi connectivity index (χ3n) is 8.02. The van der Waals surface area contributed by atoms with E-state index in [1.807, 2.05) is 42.5 Å². The van der Waals surface area contributed by atoms with Crippen molar-refractivity contribution in [3.63, 3.8) is 0 Å². The quantitative estimate of drug-likeness (QED) is 0.270. The Balaban J connectivity index is 1.52. The zero-order valence-corrected chi connectivity index (χ0v) is 21.4. The van der Waals surface area contributed by atoms with E-state index in [9.17, 15) is 14.7 Å². The Morgan fingerprint density at radius 2 is 1.18 bits per heavy atom. The fraction of sp³-hybridized carbons (Fsp3) is 0.0588. The van der Waals surface area contributed by atoms with Crippen LogP contribution >= 0.6 is 0 Å². The van der Waals surface area contributed by atoms with Crippen LogP contribution in [0.2, 0.25) is 0 Å². The average Bonchev–Trinajstić information content (AvgIpc) is 3.58. The monoisotopic (exact) mass is 521 g/mol. The molecule has 0 radical (unpaired) electrons. The molecule has 0 bridgehead atoms. The number of aromatic nitrogens is 2. The van der Waals surface area contributed by atoms with Gasteiger partial charge < -0.3 is 14.2 Å². The van der Waals surface area contributed by atoms with Gasteiger partial charge in [0.25, 0.3) is 11.8 Å². The molecule has 40 heavy (non-hydrogen) atoms. The lowest BCUT2D eigenvalue weighted by Crippen LogP contribution is -2.32. The number of benzene rings is 5. The highest BCUT2D eigenvalue weighted by Gasteiger charge is 2.38. The number of hydrogen-bond donors (Lipinski definition) is 1. The van der Waals surface area contributed by atoms with Crippen molar-refractivity contribution in [2.75, 3.05) is 13.2 Å². The summed E-state index contributed by atoms with van der Waals surface area (Å²) in [5, 5.41) is 14.0. The summed E-state index contributed by atoms with van der Waals surface area (Å²) in [6.07, 6.45) is 0. The number of amides is 2. The van der Waals surface area contributed by atoms with Gasteiger partial charge in [-0.25, -0.2) is 0 Å². The van der Waals surface area contributed by atoms with Crippen molar-refractivity contribution in [2.45, 2.75) is 0 Å². The maximum Gasteiger partial charge on any atom is 0.263 e. The summed E-state index contributed by atoms with van der Waals surface area (Å²) >= 11 is 0. The standard InChI is InChI=1S/C34H23N3O3/c38-18-17-35-33(39)24-13-8-16-29(32(24)34(35)40)37-28-15-7-5-12-23(28)26-19-25-22-11-4-6-14-27(22)36(30(25)20-31(26)37)21-9-2-1-3-10-21/h1-16,19-20,38H,17-18H2. The normalized spacial score (nSPS) is 13.4. The molecule has 192 valence electrons. The van der Waals surface area contributed by atoms with E-state index < -0.39 is 0 Å². The van der Waals surface area contributed by atoms with Gasteiger partial charge in [-0.2, -0.15) is 0 Å². The van der Waals surface area contributed by atoms with E-state index in [2.05, 4.69) is 69.8 Å². The van der Waals surface area contributed by atoms with Gasteiger partial charge in [0.15, 0.2) is 0 Å². The lowest BCUT2D eigenvalue weighted by Gasteiger charge is -2.13. The molecule has 5 aromatic carbocycles. The van der Waals surface area contributed by atoms with Crippen LogP contribution in [-0.2, 0) is 0 Å². The summed E-state index contributed by atoms with van der Waals surface area (Å²) in [6.45, 7) is -0.311. The Kier molecular flexibility index (Phi) is 4.78. The van der Waals surface area contributed by atoms with Crippen molar-refractivity contribution in [3.05, 3.63) is 120 Å². The second kappa shape index (κ2) is 8.40. The molecule has 1 aliphatic heterocycles. The molecular weight excluding hydrogens is 498 g/mol. The molecule has 2 amide bonds. The van der Waals surface area contributed by atoms with Gasteiger partial charge in [-0.05, 0) is 48.5 Å². The Hall–Kier alpha value is -5.20. The summed E-state index contributed by atoms with van der Waals surface area (Å²) < 4.78 is 4.38. The molecule has 6 nitrogen and oxygen atoms in total. The van der Waals surface area contributed by atoms with Crippen molar-refractivity contribution in [1.82, 2.24) is 14.0 Å². The molecule has 0 unspecified atom stereocenters. The van der Waals surface area contributed by atoms with Crippen LogP contribution in [0.25, 0.3) is 55.0 Å². The minimum absolute atomic E-state index is 0.0310. The Labute approximate surface area is 228 Å². The number of imide groups is 1. The van der Waals surface area contributed by atoms with Crippen molar-refractivity contribution >= 4 is 55.4 Å². The largest absolute Gasteiger partial charge is 0.395 e. The van der Waals surface area contributed by atoms with Gasteiger partial charge in [-0.15, -0.1) is 0 Å². The highest BCUT2D eigenvalue weighted by Crippen LogP contribution is 2.41. The fourth-order valence-corrected chi connectivity index (χ4v) is 6.35. The lowest BCUT2D eigenvalue weighted by atomic mass is 10.1. The SMILES string of the molecule is O=C1c2cccc(-n3c4ccccc4c4cc5c6ccccc6n(-c6ccccc6)c5cc43)c2C(=O)N1CCO. The first-order valence-corrected chi connectivity index (χ1v) is 13.3. The van der Waals surface area contributed by atoms with E-state index in [1.54, 1.807) is 6.07 Å². The van der Waals surface area contributed by atoms with Gasteiger partial charge in [0.1, 0.15) is 0 Å². The van der Waals surface area contributed by atoms with Crippen LogP contribution in [0.5, 0.6) is 0 Å². The minimum atomic E-state index is -0.380. The molecule has 0 aliphatic carbocycles. The van der Waals surface area contributed by atoms with Gasteiger partial charge >= 0.3 is 0 Å². The first-order chi connectivity index (χ1) is 19.7. The summed E-state index contributed by atoms with van der Waals surface area (Å²) in [5.41, 5.74) is 6.53. The number of rotatable bonds is 4. The number of fused-ring (bicyclic) bond motifs is 7. The van der Waals surface area contributed by atoms with Gasteiger partial charge in [0.05, 0.1) is 52.0 Å². The van der Waals surface area contributed by atoms with Crippen LogP contribution in [0.15, 0.2) is 109 Å². The molecule has 0 saturated heterocycles. The molecule has 3 heterocycles. The van der Waals surface area contributed by atoms with Crippen molar-refractivity contribution < 1.29 is 14.7 Å². The van der Waals surface area contributed by atoms with Crippen molar-refractivity contribution in [2.24, 2.45) is 0 Å². The lowest BCUT2D eigenvalue weighted by molar-refractivity contribution is 0.0624. The first kappa shape index (κ1) is 22.8. The molecule has 0 fully saturated rings. The smallest absolute Gasteiger partial charge is 0.263 e. The molecule has 0 atom stereocenters. The number of β-amino-alcohol motifs (C(OH)–C–C–N with tert-alkyl or cyclic N) is 1. The number of carbonyl (C=O) groups is 2. The van der Waals surface area contributed by atoms with Crippen LogP contribution < -0.4 is 0 Å². The van der Waals surface area contributed by atoms with E-state index in [1.165, 1.54) is 5.39 Å². The van der Waals surface area contributed by atoms with Crippen molar-refractivity contribution in [3.8, 4) is 11.4 Å². The topological polar surface area (TPSA) is 67.5 Å². The van der Waals surface area contributed by atoms with E-state index in [0.717, 1.165) is 48.8 Å². The van der Waals surface area contributed by atoms with Gasteiger partial charge in [-0.1, -0.05) is 60.7 Å². The summed E-state index contributed by atoms with van der Waals surface area (Å²) in [7, 11) is 0. The van der Waals surface area contributed by atoms with E-state index >= 15 is 0 Å². The number of para-hydroxylation sites is 3. The highest BCUT2D eigenvalue weighted by molar-refractivity contribution is 6.24. The third kappa shape index (κ3) is 2.96. The molecule has 0 saturated carbocycles. The summed E-state index contributed by atoms with van der Waals surface area (Å²) in [4.78, 5) is 27.8. The predicted molar refractivity (Wildman–Crippen MR) is 158 cm³/mol.